The number of ether oxygens (including phenoxy) is 2. The second-order valence-electron chi connectivity index (χ2n) is 5.78. The van der Waals surface area contributed by atoms with Gasteiger partial charge in [-0.15, -0.1) is 11.3 Å². The van der Waals surface area contributed by atoms with Gasteiger partial charge >= 0.3 is 6.09 Å². The summed E-state index contributed by atoms with van der Waals surface area (Å²) in [5.74, 6) is -0.0844. The highest BCUT2D eigenvalue weighted by Crippen LogP contribution is 2.22. The predicted molar refractivity (Wildman–Crippen MR) is 92.0 cm³/mol. The summed E-state index contributed by atoms with van der Waals surface area (Å²) in [6, 6.07) is 8.47. The molecular formula is C17H20N2O4S. The number of amides is 2. The van der Waals surface area contributed by atoms with Crippen molar-refractivity contribution in [3.05, 3.63) is 35.2 Å². The van der Waals surface area contributed by atoms with Gasteiger partial charge in [-0.25, -0.2) is 4.79 Å². The zero-order chi connectivity index (χ0) is 16.9. The van der Waals surface area contributed by atoms with Crippen molar-refractivity contribution in [3.8, 4) is 0 Å². The molecule has 0 bridgehead atoms. The molecule has 1 atom stereocenters. The maximum Gasteiger partial charge on any atom is 0.404 e. The monoisotopic (exact) mass is 348 g/mol. The second kappa shape index (κ2) is 7.63. The van der Waals surface area contributed by atoms with Crippen LogP contribution >= 0.6 is 11.3 Å². The summed E-state index contributed by atoms with van der Waals surface area (Å²) < 4.78 is 11.7. The number of carbonyl (C=O) groups is 2. The summed E-state index contributed by atoms with van der Waals surface area (Å²) in [5.41, 5.74) is 6.18. The summed E-state index contributed by atoms with van der Waals surface area (Å²) in [7, 11) is 0. The minimum absolute atomic E-state index is 0.0456. The first-order valence-corrected chi connectivity index (χ1v) is 8.77. The average Bonchev–Trinajstić information content (AvgIpc) is 3.19. The number of carbonyl (C=O) groups excluding carboxylic acids is 2. The summed E-state index contributed by atoms with van der Waals surface area (Å²) in [4.78, 5) is 24.4. The SMILES string of the molecule is NC(=O)OC1CCN(C(=O)COCCc2ccc3sccc3c2)C1. The lowest BCUT2D eigenvalue weighted by atomic mass is 10.1. The van der Waals surface area contributed by atoms with E-state index in [0.29, 0.717) is 26.1 Å². The normalized spacial score (nSPS) is 17.3. The minimum Gasteiger partial charge on any atom is -0.444 e. The molecule has 1 aromatic carbocycles. The van der Waals surface area contributed by atoms with E-state index in [1.54, 1.807) is 16.2 Å². The van der Waals surface area contributed by atoms with Gasteiger partial charge in [-0.1, -0.05) is 12.1 Å². The number of thiophene rings is 1. The molecule has 1 unspecified atom stereocenters. The van der Waals surface area contributed by atoms with Crippen LogP contribution in [0.3, 0.4) is 0 Å². The summed E-state index contributed by atoms with van der Waals surface area (Å²) in [6.07, 6.45) is 0.291. The van der Waals surface area contributed by atoms with Gasteiger partial charge < -0.3 is 20.1 Å². The smallest absolute Gasteiger partial charge is 0.404 e. The van der Waals surface area contributed by atoms with Gasteiger partial charge in [0.25, 0.3) is 0 Å². The molecule has 24 heavy (non-hydrogen) atoms. The van der Waals surface area contributed by atoms with Crippen LogP contribution < -0.4 is 5.73 Å². The van der Waals surface area contributed by atoms with Crippen LogP contribution in [0.2, 0.25) is 0 Å². The molecule has 1 aromatic heterocycles. The van der Waals surface area contributed by atoms with Crippen molar-refractivity contribution in [2.24, 2.45) is 5.73 Å². The highest BCUT2D eigenvalue weighted by molar-refractivity contribution is 7.17. The fraction of sp³-hybridized carbons (Fsp3) is 0.412. The predicted octanol–water partition coefficient (Wildman–Crippen LogP) is 2.16. The number of fused-ring (bicyclic) bond motifs is 1. The van der Waals surface area contributed by atoms with Gasteiger partial charge in [-0.2, -0.15) is 0 Å². The molecule has 2 aromatic rings. The largest absolute Gasteiger partial charge is 0.444 e. The highest BCUT2D eigenvalue weighted by atomic mass is 32.1. The van der Waals surface area contributed by atoms with E-state index in [4.69, 9.17) is 15.2 Å². The Bertz CT molecular complexity index is 730. The first-order chi connectivity index (χ1) is 11.6. The van der Waals surface area contributed by atoms with Crippen molar-refractivity contribution in [1.29, 1.82) is 0 Å². The van der Waals surface area contributed by atoms with E-state index in [1.165, 1.54) is 15.6 Å². The molecule has 1 saturated heterocycles. The van der Waals surface area contributed by atoms with E-state index in [9.17, 15) is 9.59 Å². The van der Waals surface area contributed by atoms with E-state index in [2.05, 4.69) is 29.6 Å². The van der Waals surface area contributed by atoms with E-state index in [-0.39, 0.29) is 18.6 Å². The van der Waals surface area contributed by atoms with Crippen LogP contribution in [0.4, 0.5) is 4.79 Å². The Balaban J connectivity index is 1.38. The summed E-state index contributed by atoms with van der Waals surface area (Å²) in [6.45, 7) is 1.50. The van der Waals surface area contributed by atoms with Crippen LogP contribution in [0.1, 0.15) is 12.0 Å². The van der Waals surface area contributed by atoms with Crippen LogP contribution in [0.5, 0.6) is 0 Å². The van der Waals surface area contributed by atoms with E-state index >= 15 is 0 Å². The molecule has 7 heteroatoms. The maximum absolute atomic E-state index is 12.1. The van der Waals surface area contributed by atoms with Crippen molar-refractivity contribution < 1.29 is 19.1 Å². The Morgan fingerprint density at radius 1 is 1.33 bits per heavy atom. The van der Waals surface area contributed by atoms with Crippen molar-refractivity contribution in [1.82, 2.24) is 4.90 Å². The van der Waals surface area contributed by atoms with Gasteiger partial charge in [-0.3, -0.25) is 4.79 Å². The Hall–Kier alpha value is -2.12. The van der Waals surface area contributed by atoms with Gasteiger partial charge in [0.15, 0.2) is 0 Å². The molecule has 128 valence electrons. The topological polar surface area (TPSA) is 81.9 Å². The summed E-state index contributed by atoms with van der Waals surface area (Å²) >= 11 is 1.73. The standard InChI is InChI=1S/C17H20N2O4S/c18-17(21)23-14-3-6-19(10-14)16(20)11-22-7-4-12-1-2-15-13(9-12)5-8-24-15/h1-2,5,8-9,14H,3-4,6-7,10-11H2,(H2,18,21). The fourth-order valence-electron chi connectivity index (χ4n) is 2.83. The quantitative estimate of drug-likeness (QED) is 0.811. The molecule has 0 aliphatic carbocycles. The number of primary amides is 1. The third-order valence-electron chi connectivity index (χ3n) is 4.06. The Kier molecular flexibility index (Phi) is 5.32. The zero-order valence-corrected chi connectivity index (χ0v) is 14.1. The van der Waals surface area contributed by atoms with Crippen LogP contribution in [0.15, 0.2) is 29.6 Å². The lowest BCUT2D eigenvalue weighted by molar-refractivity contribution is -0.135. The lowest BCUT2D eigenvalue weighted by Crippen LogP contribution is -2.34. The van der Waals surface area contributed by atoms with Crippen molar-refractivity contribution in [3.63, 3.8) is 0 Å². The molecule has 1 aliphatic rings. The van der Waals surface area contributed by atoms with Gasteiger partial charge in [0.2, 0.25) is 5.91 Å². The van der Waals surface area contributed by atoms with Crippen LogP contribution in [-0.4, -0.2) is 49.3 Å². The maximum atomic E-state index is 12.1. The number of hydrogen-bond donors (Lipinski definition) is 1. The van der Waals surface area contributed by atoms with Gasteiger partial charge in [-0.05, 0) is 34.9 Å². The molecule has 6 nitrogen and oxygen atoms in total. The van der Waals surface area contributed by atoms with Gasteiger partial charge in [0.05, 0.1) is 13.2 Å². The number of nitrogens with two attached hydrogens (primary N) is 1. The lowest BCUT2D eigenvalue weighted by Gasteiger charge is -2.16. The molecule has 3 rings (SSSR count). The van der Waals surface area contributed by atoms with Crippen LogP contribution in [-0.2, 0) is 20.7 Å². The zero-order valence-electron chi connectivity index (χ0n) is 13.3. The van der Waals surface area contributed by atoms with Crippen LogP contribution in [0, 0.1) is 0 Å². The third kappa shape index (κ3) is 4.24. The summed E-state index contributed by atoms with van der Waals surface area (Å²) in [5, 5.41) is 3.32. The number of hydrogen-bond acceptors (Lipinski definition) is 5. The molecule has 0 radical (unpaired) electrons. The molecule has 0 spiro atoms. The van der Waals surface area contributed by atoms with Gasteiger partial charge in [0, 0.05) is 17.7 Å². The Labute approximate surface area is 144 Å². The van der Waals surface area contributed by atoms with Crippen molar-refractivity contribution >= 4 is 33.4 Å². The molecule has 1 aliphatic heterocycles. The fourth-order valence-corrected chi connectivity index (χ4v) is 3.60. The third-order valence-corrected chi connectivity index (χ3v) is 4.96. The number of nitrogens with zero attached hydrogens (tertiary/aromatic N) is 1. The molecule has 1 fully saturated rings. The Morgan fingerprint density at radius 3 is 3.04 bits per heavy atom. The first kappa shape index (κ1) is 16.7. The van der Waals surface area contributed by atoms with Gasteiger partial charge in [0.1, 0.15) is 12.7 Å². The van der Waals surface area contributed by atoms with E-state index < -0.39 is 6.09 Å². The Morgan fingerprint density at radius 2 is 2.21 bits per heavy atom. The highest BCUT2D eigenvalue weighted by Gasteiger charge is 2.28. The molecule has 2 amide bonds. The molecule has 2 N–H and O–H groups in total. The van der Waals surface area contributed by atoms with Crippen molar-refractivity contribution in [2.45, 2.75) is 18.9 Å². The van der Waals surface area contributed by atoms with Crippen molar-refractivity contribution in [2.75, 3.05) is 26.3 Å². The second-order valence-corrected chi connectivity index (χ2v) is 6.73. The molecular weight excluding hydrogens is 328 g/mol. The minimum atomic E-state index is -0.798. The first-order valence-electron chi connectivity index (χ1n) is 7.89. The molecule has 0 saturated carbocycles. The molecule has 2 heterocycles. The number of rotatable bonds is 6. The van der Waals surface area contributed by atoms with Crippen LogP contribution in [0.25, 0.3) is 10.1 Å². The number of likely N-dealkylation sites (tertiary alicyclic amines) is 1. The number of benzene rings is 1. The van der Waals surface area contributed by atoms with E-state index in [0.717, 1.165) is 6.42 Å². The van der Waals surface area contributed by atoms with E-state index in [1.807, 2.05) is 0 Å². The average molecular weight is 348 g/mol.